The standard InChI is InChI=1S/C19H27FN2O5S/c1-4-22(5-2)28(25,26)15-10-11-17(20)16(12-15)19(24)27-13(3)18(23)21-14-8-6-7-9-14/h10-14H,4-9H2,1-3H3,(H,21,23)/t13-/m0/s1. The quantitative estimate of drug-likeness (QED) is 0.660. The second-order valence-corrected chi connectivity index (χ2v) is 8.71. The van der Waals surface area contributed by atoms with Crippen molar-refractivity contribution in [2.75, 3.05) is 13.1 Å². The average molecular weight is 414 g/mol. The first-order valence-corrected chi connectivity index (χ1v) is 11.0. The molecule has 0 heterocycles. The third kappa shape index (κ3) is 5.08. The first-order valence-electron chi connectivity index (χ1n) is 9.51. The van der Waals surface area contributed by atoms with Crippen LogP contribution in [0.5, 0.6) is 0 Å². The molecule has 0 bridgehead atoms. The number of hydrogen-bond donors (Lipinski definition) is 1. The molecule has 28 heavy (non-hydrogen) atoms. The number of esters is 1. The van der Waals surface area contributed by atoms with Gasteiger partial charge in [0.05, 0.1) is 10.5 Å². The Hall–Kier alpha value is -2.00. The number of amides is 1. The van der Waals surface area contributed by atoms with E-state index in [1.54, 1.807) is 13.8 Å². The summed E-state index contributed by atoms with van der Waals surface area (Å²) >= 11 is 0. The van der Waals surface area contributed by atoms with Gasteiger partial charge in [-0.05, 0) is 38.0 Å². The summed E-state index contributed by atoms with van der Waals surface area (Å²) in [6.07, 6.45) is 2.73. The number of nitrogens with one attached hydrogen (secondary N) is 1. The number of hydrogen-bond acceptors (Lipinski definition) is 5. The van der Waals surface area contributed by atoms with E-state index >= 15 is 0 Å². The van der Waals surface area contributed by atoms with Gasteiger partial charge in [-0.1, -0.05) is 26.7 Å². The summed E-state index contributed by atoms with van der Waals surface area (Å²) < 4.78 is 45.6. The zero-order chi connectivity index (χ0) is 20.9. The number of carbonyl (C=O) groups is 2. The van der Waals surface area contributed by atoms with E-state index in [2.05, 4.69) is 5.32 Å². The lowest BCUT2D eigenvalue weighted by Gasteiger charge is -2.19. The Morgan fingerprint density at radius 3 is 2.43 bits per heavy atom. The van der Waals surface area contributed by atoms with Gasteiger partial charge in [0, 0.05) is 19.1 Å². The molecular weight excluding hydrogens is 387 g/mol. The molecule has 2 rings (SSSR count). The van der Waals surface area contributed by atoms with Crippen LogP contribution >= 0.6 is 0 Å². The number of halogens is 1. The van der Waals surface area contributed by atoms with Gasteiger partial charge in [-0.15, -0.1) is 0 Å². The second kappa shape index (κ2) is 9.47. The zero-order valence-corrected chi connectivity index (χ0v) is 17.2. The largest absolute Gasteiger partial charge is 0.449 e. The lowest BCUT2D eigenvalue weighted by Crippen LogP contribution is -2.41. The highest BCUT2D eigenvalue weighted by Gasteiger charge is 2.27. The van der Waals surface area contributed by atoms with Gasteiger partial charge in [0.25, 0.3) is 5.91 Å². The van der Waals surface area contributed by atoms with Crippen molar-refractivity contribution in [3.05, 3.63) is 29.6 Å². The number of carbonyl (C=O) groups excluding carboxylic acids is 2. The molecule has 1 aliphatic carbocycles. The predicted molar refractivity (Wildman–Crippen MR) is 102 cm³/mol. The van der Waals surface area contributed by atoms with Gasteiger partial charge in [0.15, 0.2) is 6.10 Å². The summed E-state index contributed by atoms with van der Waals surface area (Å²) in [5, 5.41) is 2.80. The third-order valence-electron chi connectivity index (χ3n) is 4.86. The minimum Gasteiger partial charge on any atom is -0.449 e. The molecule has 0 aromatic heterocycles. The Kier molecular flexibility index (Phi) is 7.54. The van der Waals surface area contributed by atoms with E-state index in [1.165, 1.54) is 11.2 Å². The Bertz CT molecular complexity index is 818. The molecule has 9 heteroatoms. The van der Waals surface area contributed by atoms with Crippen molar-refractivity contribution in [3.8, 4) is 0 Å². The van der Waals surface area contributed by atoms with E-state index in [9.17, 15) is 22.4 Å². The summed E-state index contributed by atoms with van der Waals surface area (Å²) in [4.78, 5) is 24.3. The zero-order valence-electron chi connectivity index (χ0n) is 16.4. The lowest BCUT2D eigenvalue weighted by molar-refractivity contribution is -0.129. The first kappa shape index (κ1) is 22.3. The van der Waals surface area contributed by atoms with Crippen LogP contribution in [0.15, 0.2) is 23.1 Å². The maximum absolute atomic E-state index is 14.1. The number of ether oxygens (including phenoxy) is 1. The maximum Gasteiger partial charge on any atom is 0.341 e. The highest BCUT2D eigenvalue weighted by Crippen LogP contribution is 2.21. The maximum atomic E-state index is 14.1. The van der Waals surface area contributed by atoms with Gasteiger partial charge in [-0.2, -0.15) is 4.31 Å². The monoisotopic (exact) mass is 414 g/mol. The number of sulfonamides is 1. The van der Waals surface area contributed by atoms with Gasteiger partial charge in [0.1, 0.15) is 5.82 Å². The summed E-state index contributed by atoms with van der Waals surface area (Å²) in [5.41, 5.74) is -0.520. The van der Waals surface area contributed by atoms with Gasteiger partial charge in [-0.3, -0.25) is 4.79 Å². The molecule has 1 amide bonds. The summed E-state index contributed by atoms with van der Waals surface area (Å²) in [6.45, 7) is 5.26. The van der Waals surface area contributed by atoms with Crippen LogP contribution in [0.4, 0.5) is 4.39 Å². The minimum absolute atomic E-state index is 0.0629. The summed E-state index contributed by atoms with van der Waals surface area (Å²) in [7, 11) is -3.85. The van der Waals surface area contributed by atoms with Crippen molar-refractivity contribution >= 4 is 21.9 Å². The van der Waals surface area contributed by atoms with Crippen LogP contribution in [0.2, 0.25) is 0 Å². The van der Waals surface area contributed by atoms with Crippen molar-refractivity contribution in [1.82, 2.24) is 9.62 Å². The molecular formula is C19H27FN2O5S. The van der Waals surface area contributed by atoms with E-state index in [1.807, 2.05) is 0 Å². The van der Waals surface area contributed by atoms with Crippen molar-refractivity contribution in [2.24, 2.45) is 0 Å². The van der Waals surface area contributed by atoms with Crippen molar-refractivity contribution in [2.45, 2.75) is 63.5 Å². The molecule has 7 nitrogen and oxygen atoms in total. The van der Waals surface area contributed by atoms with Gasteiger partial charge < -0.3 is 10.1 Å². The Morgan fingerprint density at radius 1 is 1.25 bits per heavy atom. The van der Waals surface area contributed by atoms with Crippen LogP contribution in [0.25, 0.3) is 0 Å². The molecule has 1 aliphatic rings. The number of benzene rings is 1. The van der Waals surface area contributed by atoms with E-state index in [0.29, 0.717) is 0 Å². The number of rotatable bonds is 8. The average Bonchev–Trinajstić information content (AvgIpc) is 3.15. The lowest BCUT2D eigenvalue weighted by atomic mass is 10.2. The molecule has 0 saturated heterocycles. The normalized spacial score (nSPS) is 16.2. The van der Waals surface area contributed by atoms with Crippen LogP contribution in [0, 0.1) is 5.82 Å². The third-order valence-corrected chi connectivity index (χ3v) is 6.90. The Labute approximate surface area is 165 Å². The van der Waals surface area contributed by atoms with Crippen LogP contribution < -0.4 is 5.32 Å². The van der Waals surface area contributed by atoms with Crippen molar-refractivity contribution < 1.29 is 27.1 Å². The molecule has 1 atom stereocenters. The minimum atomic E-state index is -3.85. The molecule has 0 aliphatic heterocycles. The van der Waals surface area contributed by atoms with Gasteiger partial charge >= 0.3 is 5.97 Å². The van der Waals surface area contributed by atoms with E-state index in [0.717, 1.165) is 43.9 Å². The van der Waals surface area contributed by atoms with Crippen molar-refractivity contribution in [1.29, 1.82) is 0 Å². The smallest absolute Gasteiger partial charge is 0.341 e. The molecule has 0 radical (unpaired) electrons. The predicted octanol–water partition coefficient (Wildman–Crippen LogP) is 2.46. The van der Waals surface area contributed by atoms with E-state index in [4.69, 9.17) is 4.74 Å². The molecule has 156 valence electrons. The van der Waals surface area contributed by atoms with Crippen LogP contribution in [0.1, 0.15) is 56.8 Å². The van der Waals surface area contributed by atoms with Crippen LogP contribution in [-0.4, -0.2) is 49.8 Å². The summed E-state index contributed by atoms with van der Waals surface area (Å²) in [6, 6.07) is 3.03. The molecule has 1 saturated carbocycles. The highest BCUT2D eigenvalue weighted by molar-refractivity contribution is 7.89. The molecule has 1 aromatic carbocycles. The molecule has 1 N–H and O–H groups in total. The second-order valence-electron chi connectivity index (χ2n) is 6.77. The fourth-order valence-electron chi connectivity index (χ4n) is 3.20. The summed E-state index contributed by atoms with van der Waals surface area (Å²) in [5.74, 6) is -2.44. The fraction of sp³-hybridized carbons (Fsp3) is 0.579. The molecule has 0 spiro atoms. The van der Waals surface area contributed by atoms with Gasteiger partial charge in [-0.25, -0.2) is 17.6 Å². The van der Waals surface area contributed by atoms with E-state index in [-0.39, 0.29) is 24.0 Å². The Morgan fingerprint density at radius 2 is 1.86 bits per heavy atom. The Balaban J connectivity index is 2.15. The van der Waals surface area contributed by atoms with E-state index < -0.39 is 39.4 Å². The first-order chi connectivity index (χ1) is 13.2. The molecule has 0 unspecified atom stereocenters. The van der Waals surface area contributed by atoms with Crippen molar-refractivity contribution in [3.63, 3.8) is 0 Å². The highest BCUT2D eigenvalue weighted by atomic mass is 32.2. The molecule has 1 aromatic rings. The van der Waals surface area contributed by atoms with Crippen LogP contribution in [-0.2, 0) is 19.6 Å². The topological polar surface area (TPSA) is 92.8 Å². The number of nitrogens with zero attached hydrogens (tertiary/aromatic N) is 1. The van der Waals surface area contributed by atoms with Gasteiger partial charge in [0.2, 0.25) is 10.0 Å². The van der Waals surface area contributed by atoms with Crippen LogP contribution in [0.3, 0.4) is 0 Å². The molecule has 1 fully saturated rings. The SMILES string of the molecule is CCN(CC)S(=O)(=O)c1ccc(F)c(C(=O)O[C@@H](C)C(=O)NC2CCCC2)c1. The fourth-order valence-corrected chi connectivity index (χ4v) is 4.68.